The lowest BCUT2D eigenvalue weighted by molar-refractivity contribution is 0.0214. The summed E-state index contributed by atoms with van der Waals surface area (Å²) >= 11 is 0. The number of aromatic nitrogens is 2. The molecule has 0 bridgehead atoms. The molecule has 0 radical (unpaired) electrons. The van der Waals surface area contributed by atoms with Crippen LogP contribution >= 0.6 is 0 Å². The van der Waals surface area contributed by atoms with Crippen molar-refractivity contribution in [3.8, 4) is 0 Å². The number of rotatable bonds is 8. The molecule has 0 saturated heterocycles. The zero-order valence-corrected chi connectivity index (χ0v) is 8.66. The summed E-state index contributed by atoms with van der Waals surface area (Å²) in [6, 6.07) is 0.240. The first-order valence-corrected chi connectivity index (χ1v) is 4.84. The van der Waals surface area contributed by atoms with Crippen molar-refractivity contribution < 1.29 is 17.9 Å². The molecule has 0 spiro atoms. The van der Waals surface area contributed by atoms with Crippen molar-refractivity contribution in [2.24, 2.45) is 5.73 Å². The lowest BCUT2D eigenvalue weighted by atomic mass is 10.4. The number of anilines is 1. The second kappa shape index (κ2) is 7.07. The standard InChI is InChI=1S/C8H14F2N4O2/c9-6(10)5-15-4-3-12-8-14-13-7(16-8)1-2-11/h6H,1-5,11H2,(H,12,14). The van der Waals surface area contributed by atoms with Gasteiger partial charge in [-0.05, 0) is 0 Å². The Morgan fingerprint density at radius 2 is 2.25 bits per heavy atom. The van der Waals surface area contributed by atoms with Gasteiger partial charge in [0.2, 0.25) is 5.89 Å². The van der Waals surface area contributed by atoms with Crippen LogP contribution in [0.25, 0.3) is 0 Å². The summed E-state index contributed by atoms with van der Waals surface area (Å²) in [5.74, 6) is 0.443. The van der Waals surface area contributed by atoms with Gasteiger partial charge in [-0.25, -0.2) is 8.78 Å². The molecule has 8 heteroatoms. The lowest BCUT2D eigenvalue weighted by Crippen LogP contribution is -2.13. The minimum absolute atomic E-state index is 0.152. The molecule has 0 atom stereocenters. The van der Waals surface area contributed by atoms with Crippen LogP contribution in [0.4, 0.5) is 14.8 Å². The summed E-state index contributed by atoms with van der Waals surface area (Å²) in [6.07, 6.45) is -1.93. The molecule has 16 heavy (non-hydrogen) atoms. The van der Waals surface area contributed by atoms with Gasteiger partial charge in [-0.1, -0.05) is 5.10 Å². The molecule has 3 N–H and O–H groups in total. The van der Waals surface area contributed by atoms with Crippen LogP contribution in [-0.2, 0) is 11.2 Å². The van der Waals surface area contributed by atoms with E-state index >= 15 is 0 Å². The van der Waals surface area contributed by atoms with Crippen molar-refractivity contribution in [1.29, 1.82) is 0 Å². The molecule has 0 aliphatic carbocycles. The monoisotopic (exact) mass is 236 g/mol. The average Bonchev–Trinajstić information content (AvgIpc) is 2.65. The van der Waals surface area contributed by atoms with Gasteiger partial charge in [-0.2, -0.15) is 0 Å². The minimum Gasteiger partial charge on any atom is -0.408 e. The molecular formula is C8H14F2N4O2. The summed E-state index contributed by atoms with van der Waals surface area (Å²) in [5, 5.41) is 10.1. The highest BCUT2D eigenvalue weighted by Gasteiger charge is 2.04. The number of nitrogens with two attached hydrogens (primary N) is 1. The minimum atomic E-state index is -2.44. The van der Waals surface area contributed by atoms with Gasteiger partial charge in [0.25, 0.3) is 6.43 Å². The summed E-state index contributed by atoms with van der Waals surface area (Å²) in [6.45, 7) is 0.346. The summed E-state index contributed by atoms with van der Waals surface area (Å²) < 4.78 is 33.1. The van der Waals surface area contributed by atoms with Gasteiger partial charge < -0.3 is 20.2 Å². The summed E-state index contributed by atoms with van der Waals surface area (Å²) in [7, 11) is 0. The van der Waals surface area contributed by atoms with E-state index in [2.05, 4.69) is 20.3 Å². The maximum Gasteiger partial charge on any atom is 0.315 e. The second-order valence-corrected chi connectivity index (χ2v) is 2.93. The van der Waals surface area contributed by atoms with Crippen LogP contribution in [0.2, 0.25) is 0 Å². The van der Waals surface area contributed by atoms with Crippen LogP contribution in [-0.4, -0.2) is 42.9 Å². The number of ether oxygens (including phenoxy) is 1. The van der Waals surface area contributed by atoms with Gasteiger partial charge in [0.05, 0.1) is 6.61 Å². The molecule has 1 rings (SSSR count). The zero-order chi connectivity index (χ0) is 11.8. The Kier molecular flexibility index (Phi) is 5.65. The predicted molar refractivity (Wildman–Crippen MR) is 52.4 cm³/mol. The Hall–Kier alpha value is -1.28. The molecule has 1 aromatic rings. The summed E-state index contributed by atoms with van der Waals surface area (Å²) in [4.78, 5) is 0. The third kappa shape index (κ3) is 4.99. The normalized spacial score (nSPS) is 11.0. The average molecular weight is 236 g/mol. The Bertz CT molecular complexity index is 295. The van der Waals surface area contributed by atoms with Gasteiger partial charge >= 0.3 is 6.01 Å². The first-order chi connectivity index (χ1) is 7.72. The topological polar surface area (TPSA) is 86.2 Å². The molecule has 0 aliphatic rings. The highest BCUT2D eigenvalue weighted by atomic mass is 19.3. The van der Waals surface area contributed by atoms with Crippen molar-refractivity contribution in [1.82, 2.24) is 10.2 Å². The van der Waals surface area contributed by atoms with Crippen molar-refractivity contribution in [2.45, 2.75) is 12.8 Å². The van der Waals surface area contributed by atoms with Gasteiger partial charge in [-0.3, -0.25) is 0 Å². The number of alkyl halides is 2. The molecule has 1 heterocycles. The van der Waals surface area contributed by atoms with Crippen molar-refractivity contribution in [2.75, 3.05) is 31.6 Å². The van der Waals surface area contributed by atoms with Crippen LogP contribution in [0.15, 0.2) is 4.42 Å². The van der Waals surface area contributed by atoms with Gasteiger partial charge in [0.1, 0.15) is 6.61 Å². The van der Waals surface area contributed by atoms with Gasteiger partial charge in [0, 0.05) is 19.5 Å². The Morgan fingerprint density at radius 3 is 2.94 bits per heavy atom. The van der Waals surface area contributed by atoms with E-state index in [1.165, 1.54) is 0 Å². The maximum atomic E-state index is 11.7. The lowest BCUT2D eigenvalue weighted by Gasteiger charge is -2.02. The van der Waals surface area contributed by atoms with E-state index in [1.54, 1.807) is 0 Å². The zero-order valence-electron chi connectivity index (χ0n) is 8.66. The van der Waals surface area contributed by atoms with E-state index in [4.69, 9.17) is 10.2 Å². The van der Waals surface area contributed by atoms with Crippen LogP contribution in [0.1, 0.15) is 5.89 Å². The fourth-order valence-electron chi connectivity index (χ4n) is 0.952. The van der Waals surface area contributed by atoms with Crippen molar-refractivity contribution in [3.63, 3.8) is 0 Å². The first kappa shape index (κ1) is 12.8. The third-order valence-electron chi connectivity index (χ3n) is 1.59. The van der Waals surface area contributed by atoms with E-state index in [1.807, 2.05) is 0 Å². The smallest absolute Gasteiger partial charge is 0.315 e. The van der Waals surface area contributed by atoms with Crippen LogP contribution in [0.5, 0.6) is 0 Å². The molecule has 0 saturated carbocycles. The molecule has 0 amide bonds. The maximum absolute atomic E-state index is 11.7. The molecule has 0 fully saturated rings. The van der Waals surface area contributed by atoms with Crippen molar-refractivity contribution >= 4 is 6.01 Å². The number of nitrogens with one attached hydrogen (secondary N) is 1. The van der Waals surface area contributed by atoms with E-state index in [9.17, 15) is 8.78 Å². The van der Waals surface area contributed by atoms with Crippen LogP contribution < -0.4 is 11.1 Å². The van der Waals surface area contributed by atoms with E-state index in [0.29, 0.717) is 25.4 Å². The summed E-state index contributed by atoms with van der Waals surface area (Å²) in [5.41, 5.74) is 5.30. The molecule has 1 aromatic heterocycles. The first-order valence-electron chi connectivity index (χ1n) is 4.84. The fraction of sp³-hybridized carbons (Fsp3) is 0.750. The molecule has 6 nitrogen and oxygen atoms in total. The van der Waals surface area contributed by atoms with Gasteiger partial charge in [-0.15, -0.1) is 5.10 Å². The molecule has 92 valence electrons. The van der Waals surface area contributed by atoms with Gasteiger partial charge in [0.15, 0.2) is 0 Å². The highest BCUT2D eigenvalue weighted by Crippen LogP contribution is 2.04. The molecule has 0 aromatic carbocycles. The third-order valence-corrected chi connectivity index (χ3v) is 1.59. The predicted octanol–water partition coefficient (Wildman–Crippen LogP) is 0.264. The molecule has 0 aliphatic heterocycles. The number of nitrogens with zero attached hydrogens (tertiary/aromatic N) is 2. The van der Waals surface area contributed by atoms with Crippen LogP contribution in [0.3, 0.4) is 0 Å². The SMILES string of the molecule is NCCc1nnc(NCCOCC(F)F)o1. The van der Waals surface area contributed by atoms with E-state index in [0.717, 1.165) is 0 Å². The van der Waals surface area contributed by atoms with Crippen molar-refractivity contribution in [3.05, 3.63) is 5.89 Å². The Morgan fingerprint density at radius 1 is 1.44 bits per heavy atom. The number of halogens is 2. The van der Waals surface area contributed by atoms with E-state index in [-0.39, 0.29) is 12.6 Å². The highest BCUT2D eigenvalue weighted by molar-refractivity contribution is 5.16. The molecular weight excluding hydrogens is 222 g/mol. The van der Waals surface area contributed by atoms with E-state index < -0.39 is 13.0 Å². The number of hydrogen-bond acceptors (Lipinski definition) is 6. The second-order valence-electron chi connectivity index (χ2n) is 2.93. The quantitative estimate of drug-likeness (QED) is 0.630. The Balaban J connectivity index is 2.12. The largest absolute Gasteiger partial charge is 0.408 e. The van der Waals surface area contributed by atoms with Crippen LogP contribution in [0, 0.1) is 0 Å². The Labute approximate surface area is 91.2 Å². The molecule has 0 unspecified atom stereocenters. The number of hydrogen-bond donors (Lipinski definition) is 2. The fourth-order valence-corrected chi connectivity index (χ4v) is 0.952.